The summed E-state index contributed by atoms with van der Waals surface area (Å²) in [5.74, 6) is 0.904. The molecule has 0 radical (unpaired) electrons. The second-order valence-electron chi connectivity index (χ2n) is 6.40. The van der Waals surface area contributed by atoms with E-state index < -0.39 is 0 Å². The number of carbonyl (C=O) groups excluding carboxylic acids is 1. The maximum Gasteiger partial charge on any atom is 0.241 e. The maximum atomic E-state index is 12.5. The molecule has 0 spiro atoms. The van der Waals surface area contributed by atoms with Crippen LogP contribution in [0.3, 0.4) is 0 Å². The number of morpholine rings is 1. The monoisotopic (exact) mass is 338 g/mol. The Morgan fingerprint density at radius 3 is 2.72 bits per heavy atom. The zero-order valence-electron chi connectivity index (χ0n) is 14.1. The number of hydrogen-bond acceptors (Lipinski definition) is 5. The highest BCUT2D eigenvalue weighted by Gasteiger charge is 2.24. The number of carbonyl (C=O) groups is 1. The van der Waals surface area contributed by atoms with Gasteiger partial charge in [0.2, 0.25) is 5.91 Å². The Bertz CT molecular complexity index is 741. The summed E-state index contributed by atoms with van der Waals surface area (Å²) in [5, 5.41) is 6.27. The number of benzene rings is 1. The Labute approximate surface area is 147 Å². The molecular formula is C19H22N4O2. The van der Waals surface area contributed by atoms with Crippen LogP contribution in [-0.2, 0) is 22.5 Å². The van der Waals surface area contributed by atoms with Crippen LogP contribution in [0.15, 0.2) is 42.6 Å². The van der Waals surface area contributed by atoms with Crippen molar-refractivity contribution in [1.82, 2.24) is 10.3 Å². The Kier molecular flexibility index (Phi) is 4.63. The van der Waals surface area contributed by atoms with Crippen molar-refractivity contribution in [2.45, 2.75) is 19.0 Å². The molecule has 0 aliphatic carbocycles. The van der Waals surface area contributed by atoms with Crippen molar-refractivity contribution >= 4 is 17.4 Å². The normalized spacial score (nSPS) is 20.0. The predicted octanol–water partition coefficient (Wildman–Crippen LogP) is 1.57. The van der Waals surface area contributed by atoms with Crippen molar-refractivity contribution in [1.29, 1.82) is 0 Å². The Morgan fingerprint density at radius 2 is 1.96 bits per heavy atom. The van der Waals surface area contributed by atoms with Gasteiger partial charge in [-0.15, -0.1) is 0 Å². The fraction of sp³-hybridized carbons (Fsp3) is 0.368. The van der Waals surface area contributed by atoms with Gasteiger partial charge in [-0.05, 0) is 29.7 Å². The molecule has 1 atom stereocenters. The summed E-state index contributed by atoms with van der Waals surface area (Å²) in [7, 11) is 0. The number of pyridine rings is 1. The SMILES string of the molecule is O=C(Nc1ccc(N2CCOCC2)nc1)C1Cc2ccccc2CN1. The minimum Gasteiger partial charge on any atom is -0.378 e. The van der Waals surface area contributed by atoms with Crippen molar-refractivity contribution in [2.24, 2.45) is 0 Å². The van der Waals surface area contributed by atoms with E-state index in [0.717, 1.165) is 44.4 Å². The first-order valence-corrected chi connectivity index (χ1v) is 8.69. The third-order valence-electron chi connectivity index (χ3n) is 4.75. The van der Waals surface area contributed by atoms with Gasteiger partial charge in [-0.3, -0.25) is 4.79 Å². The second kappa shape index (κ2) is 7.21. The minimum atomic E-state index is -0.214. The van der Waals surface area contributed by atoms with Crippen molar-refractivity contribution in [2.75, 3.05) is 36.5 Å². The van der Waals surface area contributed by atoms with Crippen molar-refractivity contribution in [3.63, 3.8) is 0 Å². The summed E-state index contributed by atoms with van der Waals surface area (Å²) in [6.07, 6.45) is 2.43. The highest BCUT2D eigenvalue weighted by molar-refractivity contribution is 5.95. The predicted molar refractivity (Wildman–Crippen MR) is 96.7 cm³/mol. The Morgan fingerprint density at radius 1 is 1.16 bits per heavy atom. The van der Waals surface area contributed by atoms with E-state index in [9.17, 15) is 4.79 Å². The number of ether oxygens (including phenoxy) is 1. The van der Waals surface area contributed by atoms with Gasteiger partial charge in [-0.25, -0.2) is 4.98 Å². The topological polar surface area (TPSA) is 66.5 Å². The molecule has 25 heavy (non-hydrogen) atoms. The van der Waals surface area contributed by atoms with E-state index in [0.29, 0.717) is 6.42 Å². The zero-order chi connectivity index (χ0) is 17.1. The van der Waals surface area contributed by atoms with E-state index in [4.69, 9.17) is 4.74 Å². The average Bonchev–Trinajstić information content (AvgIpc) is 2.69. The molecule has 2 N–H and O–H groups in total. The van der Waals surface area contributed by atoms with Gasteiger partial charge < -0.3 is 20.3 Å². The van der Waals surface area contributed by atoms with Crippen LogP contribution in [-0.4, -0.2) is 43.2 Å². The van der Waals surface area contributed by atoms with Gasteiger partial charge in [0.1, 0.15) is 5.82 Å². The lowest BCUT2D eigenvalue weighted by atomic mass is 9.95. The number of hydrogen-bond donors (Lipinski definition) is 2. The Hall–Kier alpha value is -2.44. The molecule has 2 aromatic rings. The number of rotatable bonds is 3. The van der Waals surface area contributed by atoms with Crippen LogP contribution in [0.1, 0.15) is 11.1 Å². The Balaban J connectivity index is 1.38. The molecule has 2 aliphatic heterocycles. The first-order chi connectivity index (χ1) is 12.3. The van der Waals surface area contributed by atoms with Crippen molar-refractivity contribution < 1.29 is 9.53 Å². The molecule has 0 bridgehead atoms. The van der Waals surface area contributed by atoms with E-state index in [2.05, 4.69) is 32.7 Å². The smallest absolute Gasteiger partial charge is 0.241 e. The summed E-state index contributed by atoms with van der Waals surface area (Å²) in [4.78, 5) is 19.2. The highest BCUT2D eigenvalue weighted by atomic mass is 16.5. The van der Waals surface area contributed by atoms with E-state index in [-0.39, 0.29) is 11.9 Å². The molecule has 2 aliphatic rings. The molecule has 1 unspecified atom stereocenters. The number of fused-ring (bicyclic) bond motifs is 1. The second-order valence-corrected chi connectivity index (χ2v) is 6.40. The molecular weight excluding hydrogens is 316 g/mol. The molecule has 4 rings (SSSR count). The summed E-state index contributed by atoms with van der Waals surface area (Å²) < 4.78 is 5.36. The van der Waals surface area contributed by atoms with E-state index >= 15 is 0 Å². The standard InChI is InChI=1S/C19H22N4O2/c24-19(17-11-14-3-1-2-4-15(14)12-20-17)22-16-5-6-18(21-13-16)23-7-9-25-10-8-23/h1-6,13,17,20H,7-12H2,(H,22,24). The summed E-state index contributed by atoms with van der Waals surface area (Å²) >= 11 is 0. The molecule has 3 heterocycles. The van der Waals surface area contributed by atoms with Crippen LogP contribution >= 0.6 is 0 Å². The van der Waals surface area contributed by atoms with Crippen molar-refractivity contribution in [3.05, 3.63) is 53.7 Å². The molecule has 6 nitrogen and oxygen atoms in total. The third kappa shape index (κ3) is 3.65. The molecule has 1 aromatic carbocycles. The molecule has 1 aromatic heterocycles. The van der Waals surface area contributed by atoms with E-state index in [1.807, 2.05) is 24.3 Å². The number of nitrogens with zero attached hydrogens (tertiary/aromatic N) is 2. The molecule has 1 fully saturated rings. The largest absolute Gasteiger partial charge is 0.378 e. The van der Waals surface area contributed by atoms with Crippen LogP contribution in [0.5, 0.6) is 0 Å². The van der Waals surface area contributed by atoms with Gasteiger partial charge in [-0.1, -0.05) is 24.3 Å². The third-order valence-corrected chi connectivity index (χ3v) is 4.75. The van der Waals surface area contributed by atoms with Gasteiger partial charge in [-0.2, -0.15) is 0 Å². The summed E-state index contributed by atoms with van der Waals surface area (Å²) in [5.41, 5.74) is 3.23. The molecule has 1 saturated heterocycles. The zero-order valence-corrected chi connectivity index (χ0v) is 14.1. The first-order valence-electron chi connectivity index (χ1n) is 8.69. The maximum absolute atomic E-state index is 12.5. The van der Waals surface area contributed by atoms with Gasteiger partial charge in [0, 0.05) is 19.6 Å². The van der Waals surface area contributed by atoms with Gasteiger partial charge >= 0.3 is 0 Å². The fourth-order valence-electron chi connectivity index (χ4n) is 3.31. The lowest BCUT2D eigenvalue weighted by Crippen LogP contribution is -2.44. The van der Waals surface area contributed by atoms with Crippen LogP contribution in [0, 0.1) is 0 Å². The lowest BCUT2D eigenvalue weighted by Gasteiger charge is -2.28. The van der Waals surface area contributed by atoms with E-state index in [1.165, 1.54) is 11.1 Å². The average molecular weight is 338 g/mol. The minimum absolute atomic E-state index is 0.0181. The molecule has 1 amide bonds. The summed E-state index contributed by atoms with van der Waals surface area (Å²) in [6, 6.07) is 11.9. The fourth-order valence-corrected chi connectivity index (χ4v) is 3.31. The van der Waals surface area contributed by atoms with Gasteiger partial charge in [0.05, 0.1) is 31.1 Å². The first kappa shape index (κ1) is 16.1. The number of aromatic nitrogens is 1. The summed E-state index contributed by atoms with van der Waals surface area (Å²) in [6.45, 7) is 3.89. The number of nitrogens with one attached hydrogen (secondary N) is 2. The van der Waals surface area contributed by atoms with Crippen LogP contribution in [0.4, 0.5) is 11.5 Å². The van der Waals surface area contributed by atoms with Crippen LogP contribution in [0.2, 0.25) is 0 Å². The lowest BCUT2D eigenvalue weighted by molar-refractivity contribution is -0.118. The molecule has 6 heteroatoms. The van der Waals surface area contributed by atoms with Crippen LogP contribution < -0.4 is 15.5 Å². The van der Waals surface area contributed by atoms with Gasteiger partial charge in [0.25, 0.3) is 0 Å². The highest BCUT2D eigenvalue weighted by Crippen LogP contribution is 2.19. The van der Waals surface area contributed by atoms with Crippen molar-refractivity contribution in [3.8, 4) is 0 Å². The number of amides is 1. The van der Waals surface area contributed by atoms with Gasteiger partial charge in [0.15, 0.2) is 0 Å². The molecule has 130 valence electrons. The quantitative estimate of drug-likeness (QED) is 0.889. The van der Waals surface area contributed by atoms with E-state index in [1.54, 1.807) is 6.20 Å². The number of anilines is 2. The molecule has 0 saturated carbocycles. The van der Waals surface area contributed by atoms with Crippen LogP contribution in [0.25, 0.3) is 0 Å².